The summed E-state index contributed by atoms with van der Waals surface area (Å²) in [5, 5.41) is 22.2. The minimum Gasteiger partial charge on any atom is -0.493 e. The number of aryl methyl sites for hydroxylation is 1. The number of hydrogen-bond acceptors (Lipinski definition) is 11. The van der Waals surface area contributed by atoms with E-state index < -0.39 is 22.0 Å². The molecule has 1 fully saturated rings. The van der Waals surface area contributed by atoms with Crippen molar-refractivity contribution in [1.29, 1.82) is 0 Å². The topological polar surface area (TPSA) is 179 Å². The number of piperidine rings is 1. The van der Waals surface area contributed by atoms with Gasteiger partial charge in [0.1, 0.15) is 21.8 Å². The molecule has 5 N–H and O–H groups in total. The minimum absolute atomic E-state index is 0.193. The summed E-state index contributed by atoms with van der Waals surface area (Å²) < 4.78 is 27.8. The van der Waals surface area contributed by atoms with Crippen molar-refractivity contribution in [3.05, 3.63) is 82.4 Å². The molecule has 52 heavy (non-hydrogen) atoms. The zero-order chi connectivity index (χ0) is 37.6. The molecule has 3 atom stereocenters. The Kier molecular flexibility index (Phi) is 15.8. The second-order valence-corrected chi connectivity index (χ2v) is 13.5. The lowest BCUT2D eigenvalue weighted by Gasteiger charge is -2.36. The SMILES string of the molecule is COc1cc([C@H](I)C(=O)N2CCCC[C@H]2C(=O)O[C@H](CCc2ccc(CO)c(CO)c2)c2cccc(OCC(=O)NCCN)c2)cc(OC)c1OC. The van der Waals surface area contributed by atoms with Gasteiger partial charge in [0, 0.05) is 19.6 Å². The number of nitrogens with zero attached hydrogens (tertiary/aromatic N) is 1. The van der Waals surface area contributed by atoms with Crippen LogP contribution in [0.2, 0.25) is 0 Å². The van der Waals surface area contributed by atoms with Crippen LogP contribution in [0.15, 0.2) is 54.6 Å². The molecule has 0 unspecified atom stereocenters. The van der Waals surface area contributed by atoms with Crippen LogP contribution in [0.5, 0.6) is 23.0 Å². The van der Waals surface area contributed by atoms with Crippen molar-refractivity contribution in [1.82, 2.24) is 10.2 Å². The Bertz CT molecular complexity index is 1650. The van der Waals surface area contributed by atoms with Gasteiger partial charge in [0.15, 0.2) is 18.1 Å². The molecular weight excluding hydrogens is 785 g/mol. The maximum Gasteiger partial charge on any atom is 0.329 e. The standard InChI is InChI=1S/C38H48IN3O10/c1-48-32-19-27(20-33(49-2)36(32)50-3)35(39)37(46)42-16-5-4-9-30(42)38(47)52-31(13-11-24-10-12-26(21-43)28(17-24)22-44)25-7-6-8-29(18-25)51-23-34(45)41-15-14-40/h6-8,10,12,17-20,30-31,35,43-44H,4-5,9,11,13-16,21-23,40H2,1-3H3,(H,41,45)/t30-,31+,35-/m0/s1. The lowest BCUT2D eigenvalue weighted by Crippen LogP contribution is -2.49. The molecule has 0 aromatic heterocycles. The summed E-state index contributed by atoms with van der Waals surface area (Å²) in [4.78, 5) is 41.9. The third-order valence-electron chi connectivity index (χ3n) is 8.89. The summed E-state index contributed by atoms with van der Waals surface area (Å²) in [5.41, 5.74) is 8.91. The van der Waals surface area contributed by atoms with Crippen molar-refractivity contribution < 1.29 is 48.3 Å². The molecule has 1 aliphatic heterocycles. The van der Waals surface area contributed by atoms with E-state index in [1.54, 1.807) is 41.3 Å². The smallest absolute Gasteiger partial charge is 0.329 e. The molecule has 4 rings (SSSR count). The fourth-order valence-corrected chi connectivity index (χ4v) is 6.86. The molecule has 1 aliphatic rings. The fourth-order valence-electron chi connectivity index (χ4n) is 6.14. The number of aliphatic hydroxyl groups is 2. The second-order valence-electron chi connectivity index (χ2n) is 12.2. The highest BCUT2D eigenvalue weighted by atomic mass is 127. The molecule has 0 saturated carbocycles. The number of carbonyl (C=O) groups excluding carboxylic acids is 3. The van der Waals surface area contributed by atoms with Gasteiger partial charge < -0.3 is 49.8 Å². The number of hydrogen-bond donors (Lipinski definition) is 4. The molecule has 1 heterocycles. The second kappa shape index (κ2) is 20.2. The molecule has 0 radical (unpaired) electrons. The zero-order valence-corrected chi connectivity index (χ0v) is 31.9. The van der Waals surface area contributed by atoms with E-state index in [2.05, 4.69) is 27.9 Å². The van der Waals surface area contributed by atoms with Crippen LogP contribution in [0.4, 0.5) is 0 Å². The Labute approximate surface area is 317 Å². The quantitative estimate of drug-likeness (QED) is 0.0830. The Morgan fingerprint density at radius 3 is 2.33 bits per heavy atom. The first kappa shape index (κ1) is 40.6. The molecule has 2 amide bonds. The predicted octanol–water partition coefficient (Wildman–Crippen LogP) is 3.93. The molecule has 1 saturated heterocycles. The van der Waals surface area contributed by atoms with Crippen molar-refractivity contribution in [3.63, 3.8) is 0 Å². The highest BCUT2D eigenvalue weighted by Gasteiger charge is 2.38. The van der Waals surface area contributed by atoms with Gasteiger partial charge in [-0.05, 0) is 84.2 Å². The number of aliphatic hydroxyl groups excluding tert-OH is 2. The molecular formula is C38H48IN3O10. The Morgan fingerprint density at radius 1 is 0.942 bits per heavy atom. The highest BCUT2D eigenvalue weighted by Crippen LogP contribution is 2.42. The number of nitrogens with two attached hydrogens (primary N) is 1. The number of esters is 1. The minimum atomic E-state index is -0.807. The molecule has 3 aromatic rings. The first-order chi connectivity index (χ1) is 25.2. The van der Waals surface area contributed by atoms with Gasteiger partial charge in [-0.25, -0.2) is 4.79 Å². The van der Waals surface area contributed by atoms with E-state index in [9.17, 15) is 24.6 Å². The lowest BCUT2D eigenvalue weighted by molar-refractivity contribution is -0.162. The van der Waals surface area contributed by atoms with Crippen molar-refractivity contribution >= 4 is 40.4 Å². The molecule has 282 valence electrons. The van der Waals surface area contributed by atoms with Gasteiger partial charge in [-0.2, -0.15) is 0 Å². The van der Waals surface area contributed by atoms with Crippen molar-refractivity contribution in [3.8, 4) is 23.0 Å². The van der Waals surface area contributed by atoms with Gasteiger partial charge in [0.2, 0.25) is 11.7 Å². The number of halogens is 1. The monoisotopic (exact) mass is 833 g/mol. The van der Waals surface area contributed by atoms with E-state index in [4.69, 9.17) is 29.4 Å². The van der Waals surface area contributed by atoms with Gasteiger partial charge in [-0.1, -0.05) is 52.9 Å². The first-order valence-electron chi connectivity index (χ1n) is 17.1. The number of carbonyl (C=O) groups is 3. The van der Waals surface area contributed by atoms with Crippen LogP contribution >= 0.6 is 22.6 Å². The van der Waals surface area contributed by atoms with Crippen molar-refractivity contribution in [2.45, 2.75) is 61.4 Å². The number of amides is 2. The van der Waals surface area contributed by atoms with Crippen LogP contribution in [-0.2, 0) is 38.8 Å². The average Bonchev–Trinajstić information content (AvgIpc) is 3.19. The molecule has 13 nitrogen and oxygen atoms in total. The predicted molar refractivity (Wildman–Crippen MR) is 202 cm³/mol. The maximum atomic E-state index is 14.1. The van der Waals surface area contributed by atoms with E-state index >= 15 is 0 Å². The maximum absolute atomic E-state index is 14.1. The van der Waals surface area contributed by atoms with Crippen LogP contribution < -0.4 is 30.0 Å². The van der Waals surface area contributed by atoms with Crippen molar-refractivity contribution in [2.24, 2.45) is 5.73 Å². The van der Waals surface area contributed by atoms with Crippen LogP contribution in [-0.4, -0.2) is 86.5 Å². The van der Waals surface area contributed by atoms with E-state index in [1.165, 1.54) is 21.3 Å². The number of nitrogens with one attached hydrogen (secondary N) is 1. The zero-order valence-electron chi connectivity index (χ0n) is 29.8. The van der Waals surface area contributed by atoms with E-state index in [-0.39, 0.29) is 31.6 Å². The third-order valence-corrected chi connectivity index (χ3v) is 10.1. The summed E-state index contributed by atoms with van der Waals surface area (Å²) in [6.45, 7) is 0.409. The Hall–Kier alpha value is -4.12. The molecule has 0 spiro atoms. The van der Waals surface area contributed by atoms with Crippen molar-refractivity contribution in [2.75, 3.05) is 47.6 Å². The molecule has 3 aromatic carbocycles. The molecule has 14 heteroatoms. The number of rotatable bonds is 18. The van der Waals surface area contributed by atoms with Gasteiger partial charge in [-0.15, -0.1) is 0 Å². The van der Waals surface area contributed by atoms with Crippen LogP contribution in [0, 0.1) is 0 Å². The number of benzene rings is 3. The fraction of sp³-hybridized carbons (Fsp3) is 0.447. The first-order valence-corrected chi connectivity index (χ1v) is 18.4. The van der Waals surface area contributed by atoms with Crippen LogP contribution in [0.3, 0.4) is 0 Å². The number of alkyl halides is 1. The van der Waals surface area contributed by atoms with Crippen LogP contribution in [0.25, 0.3) is 0 Å². The van der Waals surface area contributed by atoms with Gasteiger partial charge in [-0.3, -0.25) is 9.59 Å². The van der Waals surface area contributed by atoms with Gasteiger partial charge >= 0.3 is 5.97 Å². The average molecular weight is 834 g/mol. The largest absolute Gasteiger partial charge is 0.493 e. The summed E-state index contributed by atoms with van der Waals surface area (Å²) in [7, 11) is 4.53. The van der Waals surface area contributed by atoms with E-state index in [0.717, 1.165) is 18.4 Å². The molecule has 0 bridgehead atoms. The normalized spacial score (nSPS) is 15.3. The summed E-state index contributed by atoms with van der Waals surface area (Å²) in [6.07, 6.45) is 2.05. The summed E-state index contributed by atoms with van der Waals surface area (Å²) >= 11 is 2.07. The number of likely N-dealkylation sites (tertiary alicyclic amines) is 1. The summed E-state index contributed by atoms with van der Waals surface area (Å²) in [6, 6.07) is 15.2. The van der Waals surface area contributed by atoms with Gasteiger partial charge in [0.25, 0.3) is 5.91 Å². The van der Waals surface area contributed by atoms with Gasteiger partial charge in [0.05, 0.1) is 34.5 Å². The van der Waals surface area contributed by atoms with E-state index in [0.29, 0.717) is 84.1 Å². The third kappa shape index (κ3) is 10.5. The lowest BCUT2D eigenvalue weighted by atomic mass is 9.97. The van der Waals surface area contributed by atoms with E-state index in [1.807, 2.05) is 18.2 Å². The summed E-state index contributed by atoms with van der Waals surface area (Å²) in [5.74, 6) is 0.599. The Morgan fingerprint density at radius 2 is 1.67 bits per heavy atom. The van der Waals surface area contributed by atoms with Crippen LogP contribution in [0.1, 0.15) is 63.5 Å². The number of methoxy groups -OCH3 is 3. The number of ether oxygens (including phenoxy) is 5. The highest BCUT2D eigenvalue weighted by molar-refractivity contribution is 14.1. The Balaban J connectivity index is 1.58. The molecule has 0 aliphatic carbocycles.